The molecule has 0 aromatic heterocycles. The number of imide groups is 1. The van der Waals surface area contributed by atoms with E-state index in [1.165, 1.54) is 13.2 Å². The molecular formula is C14H11BrN2O5. The highest BCUT2D eigenvalue weighted by Crippen LogP contribution is 2.36. The predicted molar refractivity (Wildman–Crippen MR) is 78.3 cm³/mol. The number of ether oxygens (including phenoxy) is 1. The molecule has 1 atom stereocenters. The van der Waals surface area contributed by atoms with Crippen LogP contribution in [0.1, 0.15) is 6.42 Å². The molecule has 2 heterocycles. The molecule has 0 radical (unpaired) electrons. The summed E-state index contributed by atoms with van der Waals surface area (Å²) in [5.74, 6) is -1.62. The maximum atomic E-state index is 12.6. The van der Waals surface area contributed by atoms with Crippen LogP contribution in [0.2, 0.25) is 0 Å². The third-order valence-corrected chi connectivity index (χ3v) is 3.97. The Morgan fingerprint density at radius 1 is 1.36 bits per heavy atom. The molecule has 8 heteroatoms. The van der Waals surface area contributed by atoms with Crippen LogP contribution in [-0.4, -0.2) is 30.5 Å². The fourth-order valence-electron chi connectivity index (χ4n) is 2.37. The Morgan fingerprint density at radius 2 is 2.05 bits per heavy atom. The number of nitrogens with zero attached hydrogens (tertiary/aromatic N) is 1. The Balaban J connectivity index is 1.94. The van der Waals surface area contributed by atoms with Gasteiger partial charge in [-0.25, -0.2) is 9.69 Å². The zero-order valence-electron chi connectivity index (χ0n) is 11.5. The van der Waals surface area contributed by atoms with E-state index in [4.69, 9.17) is 4.84 Å². The SMILES string of the molecule is COC(=O)C1=C[C@@]2(CC(=O)N(c3ccc(Br)cc3)C2=O)ON1. The molecule has 1 fully saturated rings. The monoisotopic (exact) mass is 366 g/mol. The van der Waals surface area contributed by atoms with E-state index in [1.807, 2.05) is 0 Å². The molecule has 114 valence electrons. The Morgan fingerprint density at radius 3 is 2.68 bits per heavy atom. The van der Waals surface area contributed by atoms with Gasteiger partial charge in [-0.15, -0.1) is 0 Å². The first-order valence-corrected chi connectivity index (χ1v) is 7.14. The lowest BCUT2D eigenvalue weighted by Crippen LogP contribution is -2.40. The van der Waals surface area contributed by atoms with E-state index in [9.17, 15) is 14.4 Å². The number of carbonyl (C=O) groups excluding carboxylic acids is 3. The Hall–Kier alpha value is -2.19. The van der Waals surface area contributed by atoms with Gasteiger partial charge in [-0.2, -0.15) is 0 Å². The minimum atomic E-state index is -1.51. The highest BCUT2D eigenvalue weighted by atomic mass is 79.9. The largest absolute Gasteiger partial charge is 0.464 e. The van der Waals surface area contributed by atoms with E-state index in [-0.39, 0.29) is 12.1 Å². The molecule has 22 heavy (non-hydrogen) atoms. The average molecular weight is 367 g/mol. The maximum Gasteiger partial charge on any atom is 0.356 e. The maximum absolute atomic E-state index is 12.6. The molecule has 0 bridgehead atoms. The van der Waals surface area contributed by atoms with Crippen molar-refractivity contribution < 1.29 is 24.0 Å². The predicted octanol–water partition coefficient (Wildman–Crippen LogP) is 1.04. The highest BCUT2D eigenvalue weighted by molar-refractivity contribution is 9.10. The summed E-state index contributed by atoms with van der Waals surface area (Å²) >= 11 is 3.29. The fraction of sp³-hybridized carbons (Fsp3) is 0.214. The smallest absolute Gasteiger partial charge is 0.356 e. The zero-order valence-corrected chi connectivity index (χ0v) is 13.0. The second-order valence-corrected chi connectivity index (χ2v) is 5.75. The van der Waals surface area contributed by atoms with Crippen molar-refractivity contribution in [2.45, 2.75) is 12.0 Å². The number of hydrogen-bond acceptors (Lipinski definition) is 6. The van der Waals surface area contributed by atoms with Crippen LogP contribution in [0.15, 0.2) is 40.5 Å². The van der Waals surface area contributed by atoms with Crippen molar-refractivity contribution in [2.24, 2.45) is 0 Å². The third kappa shape index (κ3) is 2.20. The topological polar surface area (TPSA) is 84.9 Å². The number of nitrogens with one attached hydrogen (secondary N) is 1. The number of hydroxylamine groups is 1. The van der Waals surface area contributed by atoms with Gasteiger partial charge in [0.1, 0.15) is 5.70 Å². The van der Waals surface area contributed by atoms with Crippen molar-refractivity contribution in [3.63, 3.8) is 0 Å². The number of esters is 1. The van der Waals surface area contributed by atoms with Crippen LogP contribution in [0.25, 0.3) is 0 Å². The summed E-state index contributed by atoms with van der Waals surface area (Å²) in [6.07, 6.45) is 1.10. The van der Waals surface area contributed by atoms with Gasteiger partial charge in [0.15, 0.2) is 0 Å². The summed E-state index contributed by atoms with van der Waals surface area (Å²) in [6.45, 7) is 0. The van der Waals surface area contributed by atoms with Gasteiger partial charge in [0.05, 0.1) is 19.2 Å². The molecule has 1 saturated heterocycles. The molecule has 2 amide bonds. The molecule has 1 aromatic rings. The van der Waals surface area contributed by atoms with Gasteiger partial charge >= 0.3 is 5.97 Å². The summed E-state index contributed by atoms with van der Waals surface area (Å²) in [6, 6.07) is 6.74. The van der Waals surface area contributed by atoms with E-state index >= 15 is 0 Å². The molecule has 0 saturated carbocycles. The van der Waals surface area contributed by atoms with Crippen molar-refractivity contribution in [1.29, 1.82) is 0 Å². The number of rotatable bonds is 2. The van der Waals surface area contributed by atoms with Crippen molar-refractivity contribution in [1.82, 2.24) is 5.48 Å². The first-order chi connectivity index (χ1) is 10.5. The third-order valence-electron chi connectivity index (χ3n) is 3.44. The lowest BCUT2D eigenvalue weighted by atomic mass is 10.0. The summed E-state index contributed by atoms with van der Waals surface area (Å²) in [7, 11) is 1.21. The minimum Gasteiger partial charge on any atom is -0.464 e. The number of hydrogen-bond donors (Lipinski definition) is 1. The molecule has 2 aliphatic heterocycles. The van der Waals surface area contributed by atoms with Crippen LogP contribution in [0.5, 0.6) is 0 Å². The minimum absolute atomic E-state index is 0.00121. The van der Waals surface area contributed by atoms with Gasteiger partial charge in [0.2, 0.25) is 11.5 Å². The van der Waals surface area contributed by atoms with Gasteiger partial charge in [-0.1, -0.05) is 15.9 Å². The average Bonchev–Trinajstić information content (AvgIpc) is 3.03. The number of benzene rings is 1. The first-order valence-electron chi connectivity index (χ1n) is 6.35. The van der Waals surface area contributed by atoms with E-state index < -0.39 is 23.4 Å². The number of methoxy groups -OCH3 is 1. The molecule has 1 aromatic carbocycles. The Bertz CT molecular complexity index is 700. The molecule has 7 nitrogen and oxygen atoms in total. The molecule has 0 aliphatic carbocycles. The second kappa shape index (κ2) is 5.22. The lowest BCUT2D eigenvalue weighted by Gasteiger charge is -2.18. The van der Waals surface area contributed by atoms with Crippen LogP contribution in [0, 0.1) is 0 Å². The van der Waals surface area contributed by atoms with Gasteiger partial charge in [0, 0.05) is 4.47 Å². The first kappa shape index (κ1) is 14.7. The fourth-order valence-corrected chi connectivity index (χ4v) is 2.64. The molecule has 1 spiro atoms. The number of anilines is 1. The van der Waals surface area contributed by atoms with E-state index in [2.05, 4.69) is 26.1 Å². The van der Waals surface area contributed by atoms with Crippen molar-refractivity contribution >= 4 is 39.4 Å². The van der Waals surface area contributed by atoms with Crippen LogP contribution < -0.4 is 10.4 Å². The van der Waals surface area contributed by atoms with Crippen LogP contribution in [0.4, 0.5) is 5.69 Å². The van der Waals surface area contributed by atoms with Gasteiger partial charge < -0.3 is 4.74 Å². The summed E-state index contributed by atoms with van der Waals surface area (Å²) in [5, 5.41) is 0. The second-order valence-electron chi connectivity index (χ2n) is 4.83. The summed E-state index contributed by atoms with van der Waals surface area (Å²) in [5.41, 5.74) is 1.29. The van der Waals surface area contributed by atoms with Gasteiger partial charge in [0.25, 0.3) is 5.91 Å². The molecular weight excluding hydrogens is 356 g/mol. The Labute approximate surface area is 133 Å². The van der Waals surface area contributed by atoms with E-state index in [0.29, 0.717) is 5.69 Å². The molecule has 0 unspecified atom stereocenters. The quantitative estimate of drug-likeness (QED) is 0.621. The summed E-state index contributed by atoms with van der Waals surface area (Å²) in [4.78, 5) is 42.6. The number of amides is 2. The van der Waals surface area contributed by atoms with E-state index in [1.54, 1.807) is 24.3 Å². The van der Waals surface area contributed by atoms with Crippen molar-refractivity contribution in [3.05, 3.63) is 40.5 Å². The number of carbonyl (C=O) groups is 3. The molecule has 1 N–H and O–H groups in total. The lowest BCUT2D eigenvalue weighted by molar-refractivity contribution is -0.142. The zero-order chi connectivity index (χ0) is 15.9. The van der Waals surface area contributed by atoms with Crippen molar-refractivity contribution in [2.75, 3.05) is 12.0 Å². The molecule has 3 rings (SSSR count). The van der Waals surface area contributed by atoms with Crippen molar-refractivity contribution in [3.8, 4) is 0 Å². The normalized spacial score (nSPS) is 23.7. The summed E-state index contributed by atoms with van der Waals surface area (Å²) < 4.78 is 5.39. The Kier molecular flexibility index (Phi) is 3.50. The van der Waals surface area contributed by atoms with Gasteiger partial charge in [-0.3, -0.25) is 19.9 Å². The van der Waals surface area contributed by atoms with Crippen LogP contribution in [-0.2, 0) is 24.0 Å². The van der Waals surface area contributed by atoms with Crippen LogP contribution in [0.3, 0.4) is 0 Å². The van der Waals surface area contributed by atoms with Gasteiger partial charge in [-0.05, 0) is 30.3 Å². The highest BCUT2D eigenvalue weighted by Gasteiger charge is 2.56. The van der Waals surface area contributed by atoms with E-state index in [0.717, 1.165) is 9.37 Å². The van der Waals surface area contributed by atoms with Crippen LogP contribution >= 0.6 is 15.9 Å². The molecule has 2 aliphatic rings. The standard InChI is InChI=1S/C14H11BrN2O5/c1-21-12(19)10-6-14(22-16-10)7-11(18)17(13(14)20)9-4-2-8(15)3-5-9/h2-6,16H,7H2,1H3/t14-/m0/s1. The number of halogens is 1.